The second-order valence-electron chi connectivity index (χ2n) is 3.94. The van der Waals surface area contributed by atoms with Crippen LogP contribution in [0.2, 0.25) is 0 Å². The van der Waals surface area contributed by atoms with Gasteiger partial charge in [0, 0.05) is 34.5 Å². The summed E-state index contributed by atoms with van der Waals surface area (Å²) in [5.74, 6) is 0. The first-order valence-electron chi connectivity index (χ1n) is 5.70. The van der Waals surface area contributed by atoms with Gasteiger partial charge in [-0.2, -0.15) is 5.10 Å². The average Bonchev–Trinajstić information content (AvgIpc) is 2.68. The first-order chi connectivity index (χ1) is 8.22. The molecule has 2 rings (SSSR count). The Balaban J connectivity index is 2.41. The topological polar surface area (TPSA) is 29.9 Å². The van der Waals surface area contributed by atoms with Crippen LogP contribution in [0.5, 0.6) is 0 Å². The van der Waals surface area contributed by atoms with E-state index in [1.54, 1.807) is 0 Å². The number of aromatic nitrogens is 2. The van der Waals surface area contributed by atoms with Gasteiger partial charge in [-0.1, -0.05) is 25.1 Å². The number of aryl methyl sites for hydroxylation is 1. The molecule has 0 radical (unpaired) electrons. The Morgan fingerprint density at radius 3 is 2.82 bits per heavy atom. The van der Waals surface area contributed by atoms with E-state index in [0.29, 0.717) is 0 Å². The van der Waals surface area contributed by atoms with Crippen LogP contribution in [0.1, 0.15) is 12.5 Å². The van der Waals surface area contributed by atoms with Gasteiger partial charge in [-0.3, -0.25) is 4.68 Å². The highest BCUT2D eigenvalue weighted by Gasteiger charge is 2.11. The summed E-state index contributed by atoms with van der Waals surface area (Å²) in [6, 6.07) is 8.35. The highest BCUT2D eigenvalue weighted by Crippen LogP contribution is 2.26. The maximum absolute atomic E-state index is 4.57. The van der Waals surface area contributed by atoms with E-state index in [0.717, 1.165) is 18.8 Å². The zero-order valence-corrected chi connectivity index (χ0v) is 12.2. The summed E-state index contributed by atoms with van der Waals surface area (Å²) in [6.45, 7) is 3.95. The van der Waals surface area contributed by atoms with Crippen molar-refractivity contribution in [1.29, 1.82) is 0 Å². The van der Waals surface area contributed by atoms with Crippen LogP contribution in [0.15, 0.2) is 30.5 Å². The lowest BCUT2D eigenvalue weighted by molar-refractivity contribution is 0.724. The number of hydrogen-bond acceptors (Lipinski definition) is 2. The molecule has 1 aromatic heterocycles. The Morgan fingerprint density at radius 2 is 2.12 bits per heavy atom. The monoisotopic (exact) mass is 341 g/mol. The molecule has 4 heteroatoms. The minimum absolute atomic E-state index is 0.866. The minimum atomic E-state index is 0.866. The van der Waals surface area contributed by atoms with Crippen LogP contribution < -0.4 is 5.32 Å². The number of hydrogen-bond donors (Lipinski definition) is 1. The van der Waals surface area contributed by atoms with Crippen LogP contribution in [0.4, 0.5) is 0 Å². The van der Waals surface area contributed by atoms with Gasteiger partial charge in [-0.25, -0.2) is 0 Å². The number of nitrogens with one attached hydrogen (secondary N) is 1. The second kappa shape index (κ2) is 5.64. The van der Waals surface area contributed by atoms with Crippen molar-refractivity contribution in [1.82, 2.24) is 15.1 Å². The molecule has 0 saturated heterocycles. The summed E-state index contributed by atoms with van der Waals surface area (Å²) in [5, 5.41) is 7.92. The molecule has 1 heterocycles. The molecule has 0 bridgehead atoms. The number of rotatable bonds is 4. The fourth-order valence-electron chi connectivity index (χ4n) is 1.81. The summed E-state index contributed by atoms with van der Waals surface area (Å²) in [6.07, 6.45) is 2.08. The van der Waals surface area contributed by atoms with Crippen molar-refractivity contribution in [3.05, 3.63) is 39.6 Å². The van der Waals surface area contributed by atoms with Crippen LogP contribution >= 0.6 is 22.6 Å². The molecule has 0 spiro atoms. The fraction of sp³-hybridized carbons (Fsp3) is 0.308. The number of halogens is 1. The zero-order chi connectivity index (χ0) is 12.3. The van der Waals surface area contributed by atoms with Crippen molar-refractivity contribution >= 4 is 22.6 Å². The van der Waals surface area contributed by atoms with E-state index in [1.165, 1.54) is 14.7 Å². The maximum atomic E-state index is 4.57. The van der Waals surface area contributed by atoms with Crippen molar-refractivity contribution in [2.75, 3.05) is 6.54 Å². The molecule has 17 heavy (non-hydrogen) atoms. The van der Waals surface area contributed by atoms with Crippen LogP contribution in [-0.4, -0.2) is 16.3 Å². The third kappa shape index (κ3) is 2.87. The third-order valence-electron chi connectivity index (χ3n) is 2.60. The van der Waals surface area contributed by atoms with Gasteiger partial charge >= 0.3 is 0 Å². The Kier molecular flexibility index (Phi) is 4.17. The molecular formula is C13H16IN3. The first kappa shape index (κ1) is 12.6. The molecule has 0 fully saturated rings. The summed E-state index contributed by atoms with van der Waals surface area (Å²) < 4.78 is 3.12. The van der Waals surface area contributed by atoms with Crippen LogP contribution in [0.25, 0.3) is 11.3 Å². The van der Waals surface area contributed by atoms with Gasteiger partial charge < -0.3 is 5.32 Å². The lowest BCUT2D eigenvalue weighted by Crippen LogP contribution is -2.11. The van der Waals surface area contributed by atoms with Crippen LogP contribution in [-0.2, 0) is 13.6 Å². The van der Waals surface area contributed by atoms with E-state index in [1.807, 2.05) is 11.7 Å². The Morgan fingerprint density at radius 1 is 1.35 bits per heavy atom. The molecule has 2 aromatic rings. The summed E-state index contributed by atoms with van der Waals surface area (Å²) >= 11 is 2.36. The molecular weight excluding hydrogens is 325 g/mol. The van der Waals surface area contributed by atoms with Crippen molar-refractivity contribution in [2.45, 2.75) is 13.5 Å². The lowest BCUT2D eigenvalue weighted by Gasteiger charge is -2.04. The van der Waals surface area contributed by atoms with Gasteiger partial charge in [0.05, 0.1) is 5.69 Å². The quantitative estimate of drug-likeness (QED) is 0.867. The van der Waals surface area contributed by atoms with E-state index in [4.69, 9.17) is 0 Å². The first-order valence-corrected chi connectivity index (χ1v) is 6.78. The molecule has 0 atom stereocenters. The molecule has 0 aliphatic carbocycles. The molecule has 1 N–H and O–H groups in total. The number of nitrogens with zero attached hydrogens (tertiary/aromatic N) is 2. The van der Waals surface area contributed by atoms with Crippen molar-refractivity contribution in [3.63, 3.8) is 0 Å². The largest absolute Gasteiger partial charge is 0.313 e. The molecule has 90 valence electrons. The van der Waals surface area contributed by atoms with Gasteiger partial charge in [-0.05, 0) is 35.2 Å². The Labute approximate surface area is 115 Å². The van der Waals surface area contributed by atoms with Gasteiger partial charge in [0.25, 0.3) is 0 Å². The smallest absolute Gasteiger partial charge is 0.0978 e. The normalized spacial score (nSPS) is 10.8. The summed E-state index contributed by atoms with van der Waals surface area (Å²) in [7, 11) is 1.97. The molecule has 3 nitrogen and oxygen atoms in total. The second-order valence-corrected chi connectivity index (χ2v) is 5.10. The maximum Gasteiger partial charge on any atom is 0.0978 e. The molecule has 0 amide bonds. The van der Waals surface area contributed by atoms with Gasteiger partial charge in [0.1, 0.15) is 0 Å². The van der Waals surface area contributed by atoms with E-state index < -0.39 is 0 Å². The van der Waals surface area contributed by atoms with Crippen molar-refractivity contribution in [3.8, 4) is 11.3 Å². The van der Waals surface area contributed by atoms with Crippen LogP contribution in [0, 0.1) is 3.57 Å². The predicted octanol–water partition coefficient (Wildman–Crippen LogP) is 2.80. The van der Waals surface area contributed by atoms with Gasteiger partial charge in [-0.15, -0.1) is 0 Å². The fourth-order valence-corrected chi connectivity index (χ4v) is 2.45. The van der Waals surface area contributed by atoms with Crippen LogP contribution in [0.3, 0.4) is 0 Å². The Bertz CT molecular complexity index is 505. The van der Waals surface area contributed by atoms with Crippen molar-refractivity contribution < 1.29 is 0 Å². The highest BCUT2D eigenvalue weighted by atomic mass is 127. The van der Waals surface area contributed by atoms with E-state index >= 15 is 0 Å². The summed E-state index contributed by atoms with van der Waals surface area (Å²) in [5.41, 5.74) is 3.54. The molecule has 0 aliphatic rings. The Hall–Kier alpha value is -0.880. The predicted molar refractivity (Wildman–Crippen MR) is 78.7 cm³/mol. The third-order valence-corrected chi connectivity index (χ3v) is 3.54. The molecule has 1 aromatic carbocycles. The lowest BCUT2D eigenvalue weighted by atomic mass is 10.1. The average molecular weight is 341 g/mol. The molecule has 0 aliphatic heterocycles. The standard InChI is InChI=1S/C13H16IN3/c1-3-15-8-10-9-17(2)16-13(10)11-6-4-5-7-12(11)14/h4-7,9,15H,3,8H2,1-2H3. The summed E-state index contributed by atoms with van der Waals surface area (Å²) in [4.78, 5) is 0. The highest BCUT2D eigenvalue weighted by molar-refractivity contribution is 14.1. The minimum Gasteiger partial charge on any atom is -0.313 e. The van der Waals surface area contributed by atoms with Gasteiger partial charge in [0.2, 0.25) is 0 Å². The molecule has 0 unspecified atom stereocenters. The van der Waals surface area contributed by atoms with Gasteiger partial charge in [0.15, 0.2) is 0 Å². The number of benzene rings is 1. The SMILES string of the molecule is CCNCc1cn(C)nc1-c1ccccc1I. The molecule has 0 saturated carbocycles. The van der Waals surface area contributed by atoms with Crippen molar-refractivity contribution in [2.24, 2.45) is 7.05 Å². The van der Waals surface area contributed by atoms with E-state index in [2.05, 4.69) is 70.4 Å². The van der Waals surface area contributed by atoms with E-state index in [9.17, 15) is 0 Å². The zero-order valence-electron chi connectivity index (χ0n) is 10.1. The van der Waals surface area contributed by atoms with E-state index in [-0.39, 0.29) is 0 Å².